The largest absolute Gasteiger partial charge is 0.467 e. The van der Waals surface area contributed by atoms with E-state index in [9.17, 15) is 0 Å². The predicted molar refractivity (Wildman–Crippen MR) is 65.8 cm³/mol. The maximum Gasteiger partial charge on any atom is 0.324 e. The molecular weight excluding hydrogens is 232 g/mol. The van der Waals surface area contributed by atoms with Crippen LogP contribution >= 0.6 is 0 Å². The fraction of sp³-hybridized carbons (Fsp3) is 0.750. The lowest BCUT2D eigenvalue weighted by atomic mass is 10.0. The van der Waals surface area contributed by atoms with Gasteiger partial charge in [-0.15, -0.1) is 4.98 Å². The molecule has 0 unspecified atom stereocenters. The standard InChI is InChI=1S/C12H18N4O2/c1-17-10-14-9(15-11(16-10)18-2)13-7-12(5-6-12)8-3-4-8/h8H,3-7H2,1-2H3,(H,13,14,15,16). The Morgan fingerprint density at radius 1 is 1.11 bits per heavy atom. The SMILES string of the molecule is COc1nc(NCC2(C3CC3)CC2)nc(OC)n1. The van der Waals surface area contributed by atoms with E-state index < -0.39 is 0 Å². The highest BCUT2D eigenvalue weighted by atomic mass is 16.5. The maximum absolute atomic E-state index is 5.02. The molecule has 2 fully saturated rings. The molecule has 2 saturated carbocycles. The maximum atomic E-state index is 5.02. The van der Waals surface area contributed by atoms with Crippen molar-refractivity contribution in [3.63, 3.8) is 0 Å². The molecule has 0 atom stereocenters. The van der Waals surface area contributed by atoms with E-state index in [2.05, 4.69) is 20.3 Å². The average Bonchev–Trinajstić information content (AvgIpc) is 3.28. The molecule has 1 heterocycles. The second kappa shape index (κ2) is 4.26. The third-order valence-corrected chi connectivity index (χ3v) is 3.89. The first-order valence-electron chi connectivity index (χ1n) is 6.34. The van der Waals surface area contributed by atoms with Crippen molar-refractivity contribution >= 4 is 5.95 Å². The molecule has 0 amide bonds. The Labute approximate surface area is 106 Å². The Morgan fingerprint density at radius 3 is 2.17 bits per heavy atom. The van der Waals surface area contributed by atoms with Gasteiger partial charge in [0, 0.05) is 6.54 Å². The Bertz CT molecular complexity index is 421. The van der Waals surface area contributed by atoms with E-state index in [4.69, 9.17) is 9.47 Å². The molecule has 0 radical (unpaired) electrons. The first-order chi connectivity index (χ1) is 8.75. The van der Waals surface area contributed by atoms with Crippen molar-refractivity contribution in [2.24, 2.45) is 11.3 Å². The highest BCUT2D eigenvalue weighted by Crippen LogP contribution is 2.61. The van der Waals surface area contributed by atoms with Gasteiger partial charge in [0.1, 0.15) is 0 Å². The van der Waals surface area contributed by atoms with Gasteiger partial charge in [-0.05, 0) is 37.0 Å². The lowest BCUT2D eigenvalue weighted by Crippen LogP contribution is -2.19. The van der Waals surface area contributed by atoms with Crippen LogP contribution in [0.25, 0.3) is 0 Å². The van der Waals surface area contributed by atoms with Gasteiger partial charge in [0.05, 0.1) is 14.2 Å². The molecule has 98 valence electrons. The van der Waals surface area contributed by atoms with E-state index in [1.54, 1.807) is 0 Å². The number of hydrogen-bond acceptors (Lipinski definition) is 6. The molecule has 3 rings (SSSR count). The Morgan fingerprint density at radius 2 is 1.72 bits per heavy atom. The van der Waals surface area contributed by atoms with Gasteiger partial charge < -0.3 is 14.8 Å². The van der Waals surface area contributed by atoms with Gasteiger partial charge in [0.25, 0.3) is 0 Å². The molecule has 6 heteroatoms. The van der Waals surface area contributed by atoms with Crippen molar-refractivity contribution in [3.8, 4) is 12.0 Å². The van der Waals surface area contributed by atoms with Gasteiger partial charge in [0.15, 0.2) is 0 Å². The number of anilines is 1. The van der Waals surface area contributed by atoms with Crippen LogP contribution in [0.3, 0.4) is 0 Å². The highest BCUT2D eigenvalue weighted by molar-refractivity contribution is 5.29. The van der Waals surface area contributed by atoms with E-state index in [0.717, 1.165) is 12.5 Å². The summed E-state index contributed by atoms with van der Waals surface area (Å²) in [7, 11) is 3.07. The number of nitrogens with zero attached hydrogens (tertiary/aromatic N) is 3. The summed E-state index contributed by atoms with van der Waals surface area (Å²) in [5.74, 6) is 1.45. The van der Waals surface area contributed by atoms with E-state index >= 15 is 0 Å². The van der Waals surface area contributed by atoms with Crippen LogP contribution in [0, 0.1) is 11.3 Å². The summed E-state index contributed by atoms with van der Waals surface area (Å²) in [6.07, 6.45) is 5.41. The summed E-state index contributed by atoms with van der Waals surface area (Å²) >= 11 is 0. The summed E-state index contributed by atoms with van der Waals surface area (Å²) in [5, 5.41) is 3.30. The third-order valence-electron chi connectivity index (χ3n) is 3.89. The molecule has 2 aliphatic rings. The molecule has 1 aromatic rings. The number of nitrogens with one attached hydrogen (secondary N) is 1. The van der Waals surface area contributed by atoms with Gasteiger partial charge in [-0.1, -0.05) is 0 Å². The highest BCUT2D eigenvalue weighted by Gasteiger charge is 2.53. The van der Waals surface area contributed by atoms with Gasteiger partial charge in [0.2, 0.25) is 5.95 Å². The van der Waals surface area contributed by atoms with Crippen molar-refractivity contribution in [2.75, 3.05) is 26.1 Å². The summed E-state index contributed by atoms with van der Waals surface area (Å²) < 4.78 is 10.0. The van der Waals surface area contributed by atoms with Crippen LogP contribution in [-0.4, -0.2) is 35.7 Å². The van der Waals surface area contributed by atoms with Crippen molar-refractivity contribution in [1.29, 1.82) is 0 Å². The minimum atomic E-state index is 0.278. The quantitative estimate of drug-likeness (QED) is 0.825. The molecular formula is C12H18N4O2. The minimum Gasteiger partial charge on any atom is -0.467 e. The molecule has 1 aromatic heterocycles. The third kappa shape index (κ3) is 2.19. The van der Waals surface area contributed by atoms with Gasteiger partial charge in [-0.25, -0.2) is 0 Å². The fourth-order valence-electron chi connectivity index (χ4n) is 2.44. The lowest BCUT2D eigenvalue weighted by Gasteiger charge is -2.15. The van der Waals surface area contributed by atoms with Gasteiger partial charge >= 0.3 is 12.0 Å². The minimum absolute atomic E-state index is 0.278. The van der Waals surface area contributed by atoms with E-state index in [1.807, 2.05) is 0 Å². The lowest BCUT2D eigenvalue weighted by molar-refractivity contribution is 0.340. The number of hydrogen-bond donors (Lipinski definition) is 1. The molecule has 0 spiro atoms. The van der Waals surface area contributed by atoms with Gasteiger partial charge in [-0.2, -0.15) is 9.97 Å². The van der Waals surface area contributed by atoms with Crippen molar-refractivity contribution in [3.05, 3.63) is 0 Å². The average molecular weight is 250 g/mol. The smallest absolute Gasteiger partial charge is 0.324 e. The first-order valence-corrected chi connectivity index (χ1v) is 6.34. The van der Waals surface area contributed by atoms with Crippen LogP contribution in [0.4, 0.5) is 5.95 Å². The Balaban J connectivity index is 1.68. The molecule has 6 nitrogen and oxygen atoms in total. The second-order valence-corrected chi connectivity index (χ2v) is 5.12. The van der Waals surface area contributed by atoms with Gasteiger partial charge in [-0.3, -0.25) is 0 Å². The predicted octanol–water partition coefficient (Wildman–Crippen LogP) is 1.49. The van der Waals surface area contributed by atoms with Crippen molar-refractivity contribution in [1.82, 2.24) is 15.0 Å². The molecule has 0 aromatic carbocycles. The van der Waals surface area contributed by atoms with E-state index in [0.29, 0.717) is 11.4 Å². The van der Waals surface area contributed by atoms with Crippen LogP contribution in [0.5, 0.6) is 12.0 Å². The van der Waals surface area contributed by atoms with Crippen LogP contribution in [0.2, 0.25) is 0 Å². The number of ether oxygens (including phenoxy) is 2. The summed E-state index contributed by atoms with van der Waals surface area (Å²) in [6, 6.07) is 0.557. The molecule has 1 N–H and O–H groups in total. The molecule has 0 saturated heterocycles. The normalized spacial score (nSPS) is 20.3. The summed E-state index contributed by atoms with van der Waals surface area (Å²) in [4.78, 5) is 12.3. The summed E-state index contributed by atoms with van der Waals surface area (Å²) in [5.41, 5.74) is 0.507. The fourth-order valence-corrected chi connectivity index (χ4v) is 2.44. The monoisotopic (exact) mass is 250 g/mol. The van der Waals surface area contributed by atoms with Crippen LogP contribution < -0.4 is 14.8 Å². The van der Waals surface area contributed by atoms with Crippen molar-refractivity contribution in [2.45, 2.75) is 25.7 Å². The van der Waals surface area contributed by atoms with E-state index in [-0.39, 0.29) is 12.0 Å². The first kappa shape index (κ1) is 11.5. The zero-order chi connectivity index (χ0) is 12.6. The zero-order valence-electron chi connectivity index (χ0n) is 10.8. The molecule has 2 aliphatic carbocycles. The number of rotatable bonds is 6. The second-order valence-electron chi connectivity index (χ2n) is 5.12. The number of methoxy groups -OCH3 is 2. The van der Waals surface area contributed by atoms with Crippen LogP contribution in [0.15, 0.2) is 0 Å². The zero-order valence-corrected chi connectivity index (χ0v) is 10.8. The summed E-state index contributed by atoms with van der Waals surface area (Å²) in [6.45, 7) is 0.938. The number of aromatic nitrogens is 3. The van der Waals surface area contributed by atoms with Crippen LogP contribution in [-0.2, 0) is 0 Å². The molecule has 18 heavy (non-hydrogen) atoms. The van der Waals surface area contributed by atoms with E-state index in [1.165, 1.54) is 39.9 Å². The molecule has 0 bridgehead atoms. The van der Waals surface area contributed by atoms with Crippen molar-refractivity contribution < 1.29 is 9.47 Å². The Hall–Kier alpha value is -1.59. The Kier molecular flexibility index (Phi) is 2.72. The topological polar surface area (TPSA) is 69.2 Å². The molecule has 0 aliphatic heterocycles. The van der Waals surface area contributed by atoms with Crippen LogP contribution in [0.1, 0.15) is 25.7 Å².